The smallest absolute Gasteiger partial charge is 0.264 e. The third-order valence-electron chi connectivity index (χ3n) is 2.34. The number of carbonyl (C=O) groups excluding carboxylic acids is 1. The van der Waals surface area contributed by atoms with Gasteiger partial charge in [-0.1, -0.05) is 0 Å². The average Bonchev–Trinajstić information content (AvgIpc) is 2.74. The average molecular weight is 245 g/mol. The molecule has 1 aromatic rings. The van der Waals surface area contributed by atoms with Crippen molar-refractivity contribution in [1.29, 1.82) is 0 Å². The Morgan fingerprint density at radius 1 is 1.47 bits per heavy atom. The van der Waals surface area contributed by atoms with Crippen molar-refractivity contribution in [2.75, 3.05) is 13.1 Å². The zero-order valence-corrected chi connectivity index (χ0v) is 9.54. The van der Waals surface area contributed by atoms with E-state index < -0.39 is 12.2 Å². The quantitative estimate of drug-likeness (QED) is 0.620. The van der Waals surface area contributed by atoms with E-state index in [4.69, 9.17) is 0 Å². The predicted octanol–water partition coefficient (Wildman–Crippen LogP) is 0.214. The summed E-state index contributed by atoms with van der Waals surface area (Å²) in [5, 5.41) is 20.4. The van der Waals surface area contributed by atoms with Crippen LogP contribution in [-0.2, 0) is 0 Å². The van der Waals surface area contributed by atoms with Crippen molar-refractivity contribution >= 4 is 29.9 Å². The third-order valence-corrected chi connectivity index (χ3v) is 3.69. The van der Waals surface area contributed by atoms with E-state index >= 15 is 0 Å². The molecule has 2 rings (SSSR count). The summed E-state index contributed by atoms with van der Waals surface area (Å²) >= 11 is 5.43. The van der Waals surface area contributed by atoms with Gasteiger partial charge in [0.25, 0.3) is 5.91 Å². The van der Waals surface area contributed by atoms with E-state index in [0.29, 0.717) is 4.88 Å². The molecule has 82 valence electrons. The second-order valence-electron chi connectivity index (χ2n) is 3.51. The summed E-state index contributed by atoms with van der Waals surface area (Å²) in [6.07, 6.45) is -1.66. The number of carbonyl (C=O) groups is 1. The molecule has 0 spiro atoms. The first-order valence-electron chi connectivity index (χ1n) is 4.51. The molecule has 15 heavy (non-hydrogen) atoms. The van der Waals surface area contributed by atoms with Gasteiger partial charge in [0.15, 0.2) is 0 Å². The highest BCUT2D eigenvalue weighted by Gasteiger charge is 2.33. The Hall–Kier alpha value is -0.560. The van der Waals surface area contributed by atoms with Crippen LogP contribution in [0, 0.1) is 0 Å². The van der Waals surface area contributed by atoms with Crippen molar-refractivity contribution in [2.45, 2.75) is 17.1 Å². The highest BCUT2D eigenvalue weighted by molar-refractivity contribution is 7.80. The Labute approximate surface area is 96.6 Å². The Bertz CT molecular complexity index is 369. The van der Waals surface area contributed by atoms with Crippen LogP contribution < -0.4 is 0 Å². The Morgan fingerprint density at radius 2 is 2.07 bits per heavy atom. The number of thiophene rings is 1. The number of thiol groups is 1. The number of amides is 1. The number of hydrogen-bond donors (Lipinski definition) is 3. The molecule has 0 radical (unpaired) electrons. The lowest BCUT2D eigenvalue weighted by atomic mass is 10.3. The molecule has 2 heterocycles. The molecule has 1 aliphatic heterocycles. The summed E-state index contributed by atoms with van der Waals surface area (Å²) in [6, 6.07) is 1.69. The highest BCUT2D eigenvalue weighted by atomic mass is 32.1. The fraction of sp³-hybridized carbons (Fsp3) is 0.444. The largest absolute Gasteiger partial charge is 0.388 e. The molecular weight excluding hydrogens is 234 g/mol. The van der Waals surface area contributed by atoms with Crippen molar-refractivity contribution in [1.82, 2.24) is 4.90 Å². The summed E-state index contributed by atoms with van der Waals surface area (Å²) in [5.74, 6) is -0.157. The Balaban J connectivity index is 2.10. The maximum Gasteiger partial charge on any atom is 0.264 e. The van der Waals surface area contributed by atoms with Crippen LogP contribution in [0.1, 0.15) is 9.67 Å². The van der Waals surface area contributed by atoms with Crippen LogP contribution in [0.15, 0.2) is 16.3 Å². The van der Waals surface area contributed by atoms with Gasteiger partial charge < -0.3 is 15.1 Å². The van der Waals surface area contributed by atoms with Crippen molar-refractivity contribution < 1.29 is 15.0 Å². The van der Waals surface area contributed by atoms with Gasteiger partial charge in [-0.2, -0.15) is 0 Å². The summed E-state index contributed by atoms with van der Waals surface area (Å²) in [5.41, 5.74) is 0. The number of likely N-dealkylation sites (tertiary alicyclic amines) is 1. The Kier molecular flexibility index (Phi) is 3.01. The normalized spacial score (nSPS) is 25.9. The standard InChI is InChI=1S/C9H11NO3S2/c11-6-2-10(3-7(6)12)9(13)8-1-5(14)4-15-8/h1,4,6-7,11-12,14H,2-3H2. The maximum absolute atomic E-state index is 11.8. The fourth-order valence-corrected chi connectivity index (χ4v) is 2.64. The van der Waals surface area contributed by atoms with Crippen molar-refractivity contribution in [2.24, 2.45) is 0 Å². The number of nitrogens with zero attached hydrogens (tertiary/aromatic N) is 1. The molecule has 2 unspecified atom stereocenters. The SMILES string of the molecule is O=C(c1cc(S)cs1)N1CC(O)C(O)C1. The van der Waals surface area contributed by atoms with Crippen LogP contribution in [0.3, 0.4) is 0 Å². The van der Waals surface area contributed by atoms with Crippen LogP contribution in [0.2, 0.25) is 0 Å². The lowest BCUT2D eigenvalue weighted by Crippen LogP contribution is -2.29. The van der Waals surface area contributed by atoms with Crippen LogP contribution in [-0.4, -0.2) is 46.3 Å². The van der Waals surface area contributed by atoms with Crippen molar-refractivity contribution in [3.05, 3.63) is 16.3 Å². The molecule has 2 atom stereocenters. The van der Waals surface area contributed by atoms with E-state index in [9.17, 15) is 15.0 Å². The van der Waals surface area contributed by atoms with Gasteiger partial charge in [-0.25, -0.2) is 0 Å². The van der Waals surface area contributed by atoms with Gasteiger partial charge >= 0.3 is 0 Å². The first-order valence-corrected chi connectivity index (χ1v) is 5.83. The number of aliphatic hydroxyl groups is 2. The number of hydrogen-bond acceptors (Lipinski definition) is 5. The van der Waals surface area contributed by atoms with Gasteiger partial charge in [0, 0.05) is 23.4 Å². The minimum Gasteiger partial charge on any atom is -0.388 e. The second kappa shape index (κ2) is 4.13. The zero-order valence-electron chi connectivity index (χ0n) is 7.83. The molecule has 1 amide bonds. The monoisotopic (exact) mass is 245 g/mol. The van der Waals surface area contributed by atoms with Gasteiger partial charge in [-0.3, -0.25) is 4.79 Å². The molecule has 4 nitrogen and oxygen atoms in total. The molecule has 0 aliphatic carbocycles. The first-order chi connectivity index (χ1) is 7.08. The van der Waals surface area contributed by atoms with E-state index in [1.807, 2.05) is 0 Å². The minimum absolute atomic E-state index is 0.157. The van der Waals surface area contributed by atoms with Crippen molar-refractivity contribution in [3.8, 4) is 0 Å². The molecule has 6 heteroatoms. The van der Waals surface area contributed by atoms with Gasteiger partial charge in [-0.05, 0) is 6.07 Å². The molecule has 0 bridgehead atoms. The van der Waals surface area contributed by atoms with Crippen molar-refractivity contribution in [3.63, 3.8) is 0 Å². The molecule has 1 saturated heterocycles. The molecule has 1 aliphatic rings. The number of rotatable bonds is 1. The van der Waals surface area contributed by atoms with Crippen LogP contribution in [0.25, 0.3) is 0 Å². The first kappa shape index (κ1) is 10.9. The lowest BCUT2D eigenvalue weighted by molar-refractivity contribution is 0.0572. The van der Waals surface area contributed by atoms with Crippen LogP contribution >= 0.6 is 24.0 Å². The van der Waals surface area contributed by atoms with E-state index in [1.165, 1.54) is 16.2 Å². The number of β-amino-alcohol motifs (C(OH)–C–C–N with tert-alkyl or cyclic N) is 2. The van der Waals surface area contributed by atoms with Crippen LogP contribution in [0.4, 0.5) is 0 Å². The predicted molar refractivity (Wildman–Crippen MR) is 59.5 cm³/mol. The molecule has 0 saturated carbocycles. The maximum atomic E-state index is 11.8. The summed E-state index contributed by atoms with van der Waals surface area (Å²) < 4.78 is 0. The van der Waals surface area contributed by atoms with Gasteiger partial charge in [0.1, 0.15) is 0 Å². The second-order valence-corrected chi connectivity index (χ2v) is 4.94. The zero-order chi connectivity index (χ0) is 11.0. The van der Waals surface area contributed by atoms with E-state index in [0.717, 1.165) is 4.90 Å². The van der Waals surface area contributed by atoms with Gasteiger partial charge in [0.2, 0.25) is 0 Å². The van der Waals surface area contributed by atoms with E-state index in [1.54, 1.807) is 11.4 Å². The summed E-state index contributed by atoms with van der Waals surface area (Å²) in [4.78, 5) is 14.6. The minimum atomic E-state index is -0.829. The molecule has 1 fully saturated rings. The highest BCUT2D eigenvalue weighted by Crippen LogP contribution is 2.21. The molecular formula is C9H11NO3S2. The van der Waals surface area contributed by atoms with Crippen LogP contribution in [0.5, 0.6) is 0 Å². The summed E-state index contributed by atoms with van der Waals surface area (Å²) in [6.45, 7) is 0.389. The van der Waals surface area contributed by atoms with E-state index in [-0.39, 0.29) is 19.0 Å². The topological polar surface area (TPSA) is 60.8 Å². The lowest BCUT2D eigenvalue weighted by Gasteiger charge is -2.13. The molecule has 1 aromatic heterocycles. The third kappa shape index (κ3) is 2.17. The molecule has 2 N–H and O–H groups in total. The number of aliphatic hydroxyl groups excluding tert-OH is 2. The van der Waals surface area contributed by atoms with E-state index in [2.05, 4.69) is 12.6 Å². The fourth-order valence-electron chi connectivity index (χ4n) is 1.53. The van der Waals surface area contributed by atoms with Gasteiger partial charge in [0.05, 0.1) is 17.1 Å². The summed E-state index contributed by atoms with van der Waals surface area (Å²) in [7, 11) is 0. The van der Waals surface area contributed by atoms with Gasteiger partial charge in [-0.15, -0.1) is 24.0 Å². The Morgan fingerprint density at radius 3 is 2.53 bits per heavy atom. The molecule has 0 aromatic carbocycles.